The first-order valence-corrected chi connectivity index (χ1v) is 13.7. The summed E-state index contributed by atoms with van der Waals surface area (Å²) in [5, 5.41) is 14.6. The van der Waals surface area contributed by atoms with Gasteiger partial charge in [-0.2, -0.15) is 5.10 Å². The molecule has 0 saturated carbocycles. The first-order chi connectivity index (χ1) is 19.5. The molecule has 2 aliphatic heterocycles. The zero-order chi connectivity index (χ0) is 30.7. The fourth-order valence-corrected chi connectivity index (χ4v) is 5.51. The van der Waals surface area contributed by atoms with Crippen LogP contribution >= 0.6 is 11.6 Å². The molecule has 42 heavy (non-hydrogen) atoms. The Morgan fingerprint density at radius 2 is 1.83 bits per heavy atom. The SMILES string of the molecule is C[C@@H]1Cc2nn3c(c2CN1C(=O)c1ccc(Cl)c(OC(F)(F)F)c1)C(=O)N([C@@H](C)c1cnc(C(C)(C)O)nc1)C[C@H]3C. The fourth-order valence-electron chi connectivity index (χ4n) is 5.35. The number of carbonyl (C=O) groups excluding carboxylic acids is 2. The van der Waals surface area contributed by atoms with Gasteiger partial charge in [-0.15, -0.1) is 13.2 Å². The number of halogens is 4. The Kier molecular flexibility index (Phi) is 7.46. The highest BCUT2D eigenvalue weighted by Crippen LogP contribution is 2.36. The third-order valence-corrected chi connectivity index (χ3v) is 7.93. The highest BCUT2D eigenvalue weighted by Gasteiger charge is 2.41. The number of rotatable bonds is 5. The number of aromatic nitrogens is 4. The van der Waals surface area contributed by atoms with Crippen LogP contribution in [0.15, 0.2) is 30.6 Å². The van der Waals surface area contributed by atoms with Crippen molar-refractivity contribution in [2.75, 3.05) is 6.54 Å². The molecule has 0 radical (unpaired) electrons. The van der Waals surface area contributed by atoms with Crippen LogP contribution in [0.25, 0.3) is 0 Å². The molecule has 14 heteroatoms. The second-order valence-corrected chi connectivity index (χ2v) is 11.7. The van der Waals surface area contributed by atoms with Gasteiger partial charge in [0.15, 0.2) is 5.82 Å². The number of ether oxygens (including phenoxy) is 1. The van der Waals surface area contributed by atoms with E-state index >= 15 is 0 Å². The second-order valence-electron chi connectivity index (χ2n) is 11.3. The van der Waals surface area contributed by atoms with Gasteiger partial charge in [0.25, 0.3) is 11.8 Å². The van der Waals surface area contributed by atoms with Gasteiger partial charge in [0.1, 0.15) is 17.0 Å². The summed E-state index contributed by atoms with van der Waals surface area (Å²) in [6.07, 6.45) is -1.42. The molecule has 10 nitrogen and oxygen atoms in total. The third kappa shape index (κ3) is 5.54. The van der Waals surface area contributed by atoms with Crippen molar-refractivity contribution in [1.82, 2.24) is 29.5 Å². The van der Waals surface area contributed by atoms with Gasteiger partial charge in [-0.1, -0.05) is 11.6 Å². The van der Waals surface area contributed by atoms with E-state index in [0.29, 0.717) is 35.5 Å². The topological polar surface area (TPSA) is 114 Å². The van der Waals surface area contributed by atoms with Crippen LogP contribution in [-0.4, -0.2) is 65.4 Å². The molecule has 1 aromatic carbocycles. The Hall–Kier alpha value is -3.71. The molecular weight excluding hydrogens is 577 g/mol. The van der Waals surface area contributed by atoms with Crippen LogP contribution in [0, 0.1) is 0 Å². The first-order valence-electron chi connectivity index (χ1n) is 13.4. The maximum absolute atomic E-state index is 13.9. The summed E-state index contributed by atoms with van der Waals surface area (Å²) in [7, 11) is 0. The number of carbonyl (C=O) groups is 2. The molecule has 3 aromatic rings. The van der Waals surface area contributed by atoms with E-state index in [0.717, 1.165) is 6.07 Å². The summed E-state index contributed by atoms with van der Waals surface area (Å²) >= 11 is 5.87. The predicted octanol–water partition coefficient (Wildman–Crippen LogP) is 4.82. The molecule has 1 N–H and O–H groups in total. The summed E-state index contributed by atoms with van der Waals surface area (Å²) in [6.45, 7) is 9.23. The minimum Gasteiger partial charge on any atom is -0.404 e. The van der Waals surface area contributed by atoms with Crippen LogP contribution in [-0.2, 0) is 18.6 Å². The number of nitrogens with zero attached hydrogens (tertiary/aromatic N) is 6. The fraction of sp³-hybridized carbons (Fsp3) is 0.464. The Morgan fingerprint density at radius 1 is 1.17 bits per heavy atom. The molecule has 224 valence electrons. The minimum atomic E-state index is -4.97. The first kappa shape index (κ1) is 29.8. The molecule has 2 aromatic heterocycles. The maximum Gasteiger partial charge on any atom is 0.573 e. The van der Waals surface area contributed by atoms with Gasteiger partial charge in [0.2, 0.25) is 0 Å². The summed E-state index contributed by atoms with van der Waals surface area (Å²) in [4.78, 5) is 39.2. The Morgan fingerprint density at radius 3 is 2.45 bits per heavy atom. The van der Waals surface area contributed by atoms with E-state index in [1.807, 2.05) is 20.8 Å². The predicted molar refractivity (Wildman–Crippen MR) is 145 cm³/mol. The lowest BCUT2D eigenvalue weighted by Crippen LogP contribution is -2.45. The number of amides is 2. The molecule has 3 atom stereocenters. The molecule has 0 spiro atoms. The summed E-state index contributed by atoms with van der Waals surface area (Å²) in [6, 6.07) is 2.59. The molecule has 2 aliphatic rings. The van der Waals surface area contributed by atoms with E-state index in [1.165, 1.54) is 17.0 Å². The largest absolute Gasteiger partial charge is 0.573 e. The smallest absolute Gasteiger partial charge is 0.404 e. The Balaban J connectivity index is 1.43. The number of hydrogen-bond acceptors (Lipinski definition) is 7. The van der Waals surface area contributed by atoms with Crippen molar-refractivity contribution in [2.45, 2.75) is 77.7 Å². The third-order valence-electron chi connectivity index (χ3n) is 7.62. The monoisotopic (exact) mass is 606 g/mol. The van der Waals surface area contributed by atoms with Crippen molar-refractivity contribution >= 4 is 23.4 Å². The summed E-state index contributed by atoms with van der Waals surface area (Å²) < 4.78 is 44.2. The number of hydrogen-bond donors (Lipinski definition) is 1. The van der Waals surface area contributed by atoms with Crippen molar-refractivity contribution in [1.29, 1.82) is 0 Å². The van der Waals surface area contributed by atoms with Gasteiger partial charge < -0.3 is 19.6 Å². The van der Waals surface area contributed by atoms with Crippen LogP contribution in [0.1, 0.15) is 90.2 Å². The van der Waals surface area contributed by atoms with Gasteiger partial charge >= 0.3 is 6.36 Å². The number of benzene rings is 1. The van der Waals surface area contributed by atoms with E-state index in [4.69, 9.17) is 16.7 Å². The molecule has 0 fully saturated rings. The standard InChI is InChI=1S/C28H30ClF3N6O4/c1-14-8-21-19(13-36(14)24(39)17-6-7-20(29)22(9-17)42-28(30,31)32)23-25(40)37(12-15(2)38(23)35-21)16(3)18-10-33-26(34-11-18)27(4,5)41/h6-7,9-11,14-16,41H,8,12-13H2,1-5H3/t14-,15-,16+/m1/s1. The summed E-state index contributed by atoms with van der Waals surface area (Å²) in [5.74, 6) is -1.20. The Labute approximate surface area is 245 Å². The molecular formula is C28H30ClF3N6O4. The van der Waals surface area contributed by atoms with E-state index in [-0.39, 0.29) is 40.9 Å². The van der Waals surface area contributed by atoms with Crippen LogP contribution < -0.4 is 4.74 Å². The lowest BCUT2D eigenvalue weighted by molar-refractivity contribution is -0.274. The summed E-state index contributed by atoms with van der Waals surface area (Å²) in [5.41, 5.74) is 1.12. The number of alkyl halides is 3. The lowest BCUT2D eigenvalue weighted by Gasteiger charge is -2.37. The second kappa shape index (κ2) is 10.5. The average molecular weight is 607 g/mol. The quantitative estimate of drug-likeness (QED) is 0.443. The molecule has 2 amide bonds. The van der Waals surface area contributed by atoms with Gasteiger partial charge in [0.05, 0.1) is 29.3 Å². The van der Waals surface area contributed by atoms with Gasteiger partial charge in [0, 0.05) is 48.1 Å². The van der Waals surface area contributed by atoms with E-state index in [9.17, 15) is 27.9 Å². The van der Waals surface area contributed by atoms with E-state index in [2.05, 4.69) is 14.7 Å². The molecule has 0 unspecified atom stereocenters. The molecule has 0 bridgehead atoms. The number of aliphatic hydroxyl groups is 1. The van der Waals surface area contributed by atoms with Crippen molar-refractivity contribution in [3.8, 4) is 5.75 Å². The molecule has 4 heterocycles. The van der Waals surface area contributed by atoms with Crippen molar-refractivity contribution in [2.24, 2.45) is 0 Å². The highest BCUT2D eigenvalue weighted by atomic mass is 35.5. The molecule has 5 rings (SSSR count). The van der Waals surface area contributed by atoms with Gasteiger partial charge in [-0.3, -0.25) is 14.3 Å². The lowest BCUT2D eigenvalue weighted by atomic mass is 9.96. The van der Waals surface area contributed by atoms with Crippen LogP contribution in [0.4, 0.5) is 13.2 Å². The van der Waals surface area contributed by atoms with Crippen molar-refractivity contribution in [3.63, 3.8) is 0 Å². The minimum absolute atomic E-state index is 0.0283. The Bertz CT molecular complexity index is 1540. The van der Waals surface area contributed by atoms with Gasteiger partial charge in [-0.05, 0) is 52.8 Å². The van der Waals surface area contributed by atoms with Crippen LogP contribution in [0.3, 0.4) is 0 Å². The maximum atomic E-state index is 13.9. The van der Waals surface area contributed by atoms with Gasteiger partial charge in [-0.25, -0.2) is 9.97 Å². The molecule has 0 saturated heterocycles. The van der Waals surface area contributed by atoms with Crippen molar-refractivity contribution in [3.05, 3.63) is 69.5 Å². The molecule has 0 aliphatic carbocycles. The highest BCUT2D eigenvalue weighted by molar-refractivity contribution is 6.32. The van der Waals surface area contributed by atoms with Crippen LogP contribution in [0.2, 0.25) is 5.02 Å². The van der Waals surface area contributed by atoms with Crippen molar-refractivity contribution < 1.29 is 32.6 Å². The normalized spacial score (nSPS) is 19.8. The average Bonchev–Trinajstić information content (AvgIpc) is 3.28. The van der Waals surface area contributed by atoms with E-state index in [1.54, 1.807) is 35.8 Å². The van der Waals surface area contributed by atoms with Crippen LogP contribution in [0.5, 0.6) is 5.75 Å². The zero-order valence-corrected chi connectivity index (χ0v) is 24.4. The number of fused-ring (bicyclic) bond motifs is 3. The van der Waals surface area contributed by atoms with E-state index < -0.39 is 29.7 Å². The zero-order valence-electron chi connectivity index (χ0n) is 23.6.